The van der Waals surface area contributed by atoms with Crippen LogP contribution in [0.3, 0.4) is 0 Å². The van der Waals surface area contributed by atoms with Crippen LogP contribution in [0.1, 0.15) is 30.9 Å². The lowest BCUT2D eigenvalue weighted by Crippen LogP contribution is -3.28. The molecule has 2 aromatic rings. The normalized spacial score (nSPS) is 18.8. The summed E-state index contributed by atoms with van der Waals surface area (Å²) in [5, 5.41) is 2.98. The highest BCUT2D eigenvalue weighted by molar-refractivity contribution is 5.91. The van der Waals surface area contributed by atoms with Gasteiger partial charge in [0.05, 0.1) is 14.2 Å². The molecule has 0 saturated carbocycles. The Hall–Kier alpha value is -2.57. The van der Waals surface area contributed by atoms with Gasteiger partial charge in [-0.15, -0.1) is 0 Å². The molecule has 1 aliphatic rings. The van der Waals surface area contributed by atoms with Gasteiger partial charge in [0.25, 0.3) is 5.91 Å². The number of rotatable bonds is 8. The highest BCUT2D eigenvalue weighted by Crippen LogP contribution is 2.29. The summed E-state index contributed by atoms with van der Waals surface area (Å²) in [6.07, 6.45) is 0. The minimum atomic E-state index is 0.0324. The molecule has 0 bridgehead atoms. The third-order valence-corrected chi connectivity index (χ3v) is 5.84. The molecule has 1 fully saturated rings. The molecule has 1 heterocycles. The molecule has 0 unspecified atom stereocenters. The van der Waals surface area contributed by atoms with E-state index in [0.29, 0.717) is 24.0 Å². The van der Waals surface area contributed by atoms with E-state index in [4.69, 9.17) is 9.47 Å². The van der Waals surface area contributed by atoms with Gasteiger partial charge in [0.2, 0.25) is 0 Å². The average molecular weight is 414 g/mol. The Morgan fingerprint density at radius 2 is 1.57 bits per heavy atom. The molecular formula is C24H35N3O3+2. The topological polar surface area (TPSA) is 56.4 Å². The molecule has 30 heavy (non-hydrogen) atoms. The molecule has 2 aromatic carbocycles. The molecular weight excluding hydrogens is 378 g/mol. The van der Waals surface area contributed by atoms with Gasteiger partial charge in [0.1, 0.15) is 32.7 Å². The van der Waals surface area contributed by atoms with Crippen molar-refractivity contribution in [3.05, 3.63) is 53.6 Å². The lowest BCUT2D eigenvalue weighted by molar-refractivity contribution is -1.02. The van der Waals surface area contributed by atoms with Crippen molar-refractivity contribution in [2.75, 3.05) is 52.3 Å². The van der Waals surface area contributed by atoms with E-state index in [1.807, 2.05) is 6.07 Å². The Labute approximate surface area is 179 Å². The van der Waals surface area contributed by atoms with E-state index in [-0.39, 0.29) is 5.91 Å². The second kappa shape index (κ2) is 10.5. The van der Waals surface area contributed by atoms with Crippen molar-refractivity contribution in [1.29, 1.82) is 0 Å². The maximum Gasteiger partial charge on any atom is 0.279 e. The largest absolute Gasteiger partial charge is 0.493 e. The Morgan fingerprint density at radius 3 is 2.17 bits per heavy atom. The number of nitrogens with one attached hydrogen (secondary N) is 3. The van der Waals surface area contributed by atoms with Crippen LogP contribution in [0.4, 0.5) is 5.69 Å². The summed E-state index contributed by atoms with van der Waals surface area (Å²) in [5.74, 6) is 1.87. The molecule has 1 saturated heterocycles. The lowest BCUT2D eigenvalue weighted by atomic mass is 10.0. The maximum atomic E-state index is 12.5. The van der Waals surface area contributed by atoms with Crippen LogP contribution in [0, 0.1) is 0 Å². The van der Waals surface area contributed by atoms with Crippen molar-refractivity contribution in [2.24, 2.45) is 0 Å². The molecule has 0 spiro atoms. The van der Waals surface area contributed by atoms with E-state index in [9.17, 15) is 4.79 Å². The monoisotopic (exact) mass is 413 g/mol. The number of quaternary nitrogens is 2. The summed E-state index contributed by atoms with van der Waals surface area (Å²) in [7, 11) is 3.19. The van der Waals surface area contributed by atoms with Crippen LogP contribution in [0.25, 0.3) is 0 Å². The summed E-state index contributed by atoms with van der Waals surface area (Å²) in [6.45, 7) is 10.2. The third-order valence-electron chi connectivity index (χ3n) is 5.84. The van der Waals surface area contributed by atoms with Crippen molar-refractivity contribution >= 4 is 11.6 Å². The number of hydrogen-bond donors (Lipinski definition) is 3. The number of carbonyl (C=O) groups excluding carboxylic acids is 1. The highest BCUT2D eigenvalue weighted by atomic mass is 16.5. The molecule has 1 amide bonds. The van der Waals surface area contributed by atoms with Gasteiger partial charge in [-0.1, -0.05) is 38.1 Å². The first-order valence-corrected chi connectivity index (χ1v) is 10.8. The Morgan fingerprint density at radius 1 is 0.933 bits per heavy atom. The zero-order valence-electron chi connectivity index (χ0n) is 18.6. The number of methoxy groups -OCH3 is 2. The van der Waals surface area contributed by atoms with Crippen LogP contribution in [0.15, 0.2) is 42.5 Å². The predicted molar refractivity (Wildman–Crippen MR) is 119 cm³/mol. The van der Waals surface area contributed by atoms with Gasteiger partial charge < -0.3 is 24.6 Å². The SMILES string of the molecule is COc1ccc(NC(=O)C[NH+]2CC[NH+](Cc3ccc(C(C)C)cc3)CC2)cc1OC. The zero-order valence-corrected chi connectivity index (χ0v) is 18.6. The van der Waals surface area contributed by atoms with E-state index >= 15 is 0 Å². The van der Waals surface area contributed by atoms with Crippen molar-refractivity contribution in [2.45, 2.75) is 26.3 Å². The minimum Gasteiger partial charge on any atom is -0.493 e. The number of ether oxygens (including phenoxy) is 2. The fourth-order valence-electron chi connectivity index (χ4n) is 3.97. The Balaban J connectivity index is 1.44. The van der Waals surface area contributed by atoms with Gasteiger partial charge in [0.15, 0.2) is 18.0 Å². The molecule has 0 aliphatic carbocycles. The first kappa shape index (κ1) is 22.1. The number of benzene rings is 2. The first-order valence-electron chi connectivity index (χ1n) is 10.8. The van der Waals surface area contributed by atoms with Crippen LogP contribution in [-0.4, -0.2) is 52.9 Å². The molecule has 3 rings (SSSR count). The van der Waals surface area contributed by atoms with Crippen molar-refractivity contribution in [1.82, 2.24) is 0 Å². The number of anilines is 1. The summed E-state index contributed by atoms with van der Waals surface area (Å²) >= 11 is 0. The van der Waals surface area contributed by atoms with Crippen molar-refractivity contribution in [3.8, 4) is 11.5 Å². The fraction of sp³-hybridized carbons (Fsp3) is 0.458. The van der Waals surface area contributed by atoms with Crippen LogP contribution >= 0.6 is 0 Å². The molecule has 6 heteroatoms. The molecule has 0 aromatic heterocycles. The van der Waals surface area contributed by atoms with E-state index in [2.05, 4.69) is 43.4 Å². The number of carbonyl (C=O) groups is 1. The van der Waals surface area contributed by atoms with E-state index in [1.54, 1.807) is 31.3 Å². The highest BCUT2D eigenvalue weighted by Gasteiger charge is 2.25. The number of hydrogen-bond acceptors (Lipinski definition) is 3. The number of amides is 1. The van der Waals surface area contributed by atoms with E-state index in [1.165, 1.54) is 16.0 Å². The minimum absolute atomic E-state index is 0.0324. The van der Waals surface area contributed by atoms with Gasteiger partial charge in [0, 0.05) is 17.3 Å². The summed E-state index contributed by atoms with van der Waals surface area (Å²) < 4.78 is 10.5. The molecule has 0 atom stereocenters. The summed E-state index contributed by atoms with van der Waals surface area (Å²) in [4.78, 5) is 15.4. The molecule has 0 radical (unpaired) electrons. The summed E-state index contributed by atoms with van der Waals surface area (Å²) in [6, 6.07) is 14.5. The second-order valence-corrected chi connectivity index (χ2v) is 8.37. The molecule has 162 valence electrons. The van der Waals surface area contributed by atoms with E-state index in [0.717, 1.165) is 38.4 Å². The van der Waals surface area contributed by atoms with Crippen molar-refractivity contribution in [3.63, 3.8) is 0 Å². The standard InChI is InChI=1S/C24H33N3O3/c1-18(2)20-7-5-19(6-8-20)16-26-11-13-27(14-12-26)17-24(28)25-21-9-10-22(29-3)23(15-21)30-4/h5-10,15,18H,11-14,16-17H2,1-4H3,(H,25,28)/p+2. The van der Waals surface area contributed by atoms with Gasteiger partial charge >= 0.3 is 0 Å². The summed E-state index contributed by atoms with van der Waals surface area (Å²) in [5.41, 5.74) is 3.51. The van der Waals surface area contributed by atoms with Crippen LogP contribution in [0.2, 0.25) is 0 Å². The van der Waals surface area contributed by atoms with Crippen LogP contribution < -0.4 is 24.6 Å². The molecule has 1 aliphatic heterocycles. The molecule has 3 N–H and O–H groups in total. The van der Waals surface area contributed by atoms with Gasteiger partial charge in [-0.2, -0.15) is 0 Å². The number of piperazine rings is 1. The molecule has 6 nitrogen and oxygen atoms in total. The quantitative estimate of drug-likeness (QED) is 0.599. The van der Waals surface area contributed by atoms with Gasteiger partial charge in [-0.3, -0.25) is 4.79 Å². The maximum absolute atomic E-state index is 12.5. The van der Waals surface area contributed by atoms with E-state index < -0.39 is 0 Å². The van der Waals surface area contributed by atoms with Crippen LogP contribution in [-0.2, 0) is 11.3 Å². The smallest absolute Gasteiger partial charge is 0.279 e. The van der Waals surface area contributed by atoms with Gasteiger partial charge in [-0.05, 0) is 23.6 Å². The van der Waals surface area contributed by atoms with Crippen molar-refractivity contribution < 1.29 is 24.1 Å². The van der Waals surface area contributed by atoms with Gasteiger partial charge in [-0.25, -0.2) is 0 Å². The van der Waals surface area contributed by atoms with Crippen LogP contribution in [0.5, 0.6) is 11.5 Å². The Bertz CT molecular complexity index is 828. The Kier molecular flexibility index (Phi) is 7.71. The average Bonchev–Trinajstić information content (AvgIpc) is 2.75. The fourth-order valence-corrected chi connectivity index (χ4v) is 3.97. The second-order valence-electron chi connectivity index (χ2n) is 8.37. The third kappa shape index (κ3) is 5.97. The lowest BCUT2D eigenvalue weighted by Gasteiger charge is -2.29. The zero-order chi connectivity index (χ0) is 21.5. The first-order chi connectivity index (χ1) is 14.5. The predicted octanol–water partition coefficient (Wildman–Crippen LogP) is 0.749.